The Hall–Kier alpha value is -2.52. The van der Waals surface area contributed by atoms with Crippen LogP contribution in [0.5, 0.6) is 11.5 Å². The number of nitrogens with zero attached hydrogens (tertiary/aromatic N) is 3. The zero-order chi connectivity index (χ0) is 23.7. The van der Waals surface area contributed by atoms with Crippen LogP contribution in [0.2, 0.25) is 15.2 Å². The molecule has 7 nitrogen and oxygen atoms in total. The van der Waals surface area contributed by atoms with Crippen LogP contribution >= 0.6 is 50.7 Å². The van der Waals surface area contributed by atoms with Gasteiger partial charge in [-0.3, -0.25) is 4.79 Å². The lowest BCUT2D eigenvalue weighted by molar-refractivity contribution is 0.102. The molecule has 0 aliphatic carbocycles. The average Bonchev–Trinajstić information content (AvgIpc) is 3.17. The molecule has 0 saturated carbocycles. The van der Waals surface area contributed by atoms with E-state index in [1.807, 2.05) is 34.9 Å². The fourth-order valence-corrected chi connectivity index (χ4v) is 5.30. The lowest BCUT2D eigenvalue weighted by Crippen LogP contribution is -2.13. The van der Waals surface area contributed by atoms with Gasteiger partial charge in [0.15, 0.2) is 16.7 Å². The van der Waals surface area contributed by atoms with Gasteiger partial charge in [0.2, 0.25) is 0 Å². The van der Waals surface area contributed by atoms with E-state index in [4.69, 9.17) is 44.3 Å². The minimum absolute atomic E-state index is 0.115. The Balaban J connectivity index is 1.80. The van der Waals surface area contributed by atoms with Crippen LogP contribution < -0.4 is 14.8 Å². The monoisotopic (exact) mass is 568 g/mol. The molecule has 33 heavy (non-hydrogen) atoms. The fraction of sp³-hybridized carbons (Fsp3) is 0.136. The lowest BCUT2D eigenvalue weighted by atomic mass is 10.2. The predicted octanol–water partition coefficient (Wildman–Crippen LogP) is 6.47. The van der Waals surface area contributed by atoms with Crippen molar-refractivity contribution in [2.45, 2.75) is 6.54 Å². The Morgan fingerprint density at radius 1 is 1.06 bits per heavy atom. The first kappa shape index (κ1) is 23.6. The Bertz CT molecular complexity index is 1330. The van der Waals surface area contributed by atoms with Gasteiger partial charge >= 0.3 is 0 Å². The maximum atomic E-state index is 13.4. The quantitative estimate of drug-likeness (QED) is 0.269. The largest absolute Gasteiger partial charge is 0.494 e. The molecule has 11 heteroatoms. The van der Waals surface area contributed by atoms with Crippen LogP contribution in [0, 0.1) is 0 Å². The van der Waals surface area contributed by atoms with E-state index >= 15 is 0 Å². The van der Waals surface area contributed by atoms with Crippen molar-refractivity contribution in [1.29, 1.82) is 0 Å². The van der Waals surface area contributed by atoms with E-state index in [1.54, 1.807) is 6.20 Å². The first-order valence-corrected chi connectivity index (χ1v) is 11.4. The van der Waals surface area contributed by atoms with Gasteiger partial charge in [-0.15, -0.1) is 0 Å². The molecule has 0 unspecified atom stereocenters. The summed E-state index contributed by atoms with van der Waals surface area (Å²) >= 11 is 22.7. The summed E-state index contributed by atoms with van der Waals surface area (Å²) in [6, 6.07) is 9.75. The summed E-state index contributed by atoms with van der Waals surface area (Å²) in [5.74, 6) is 0.0481. The van der Waals surface area contributed by atoms with E-state index in [2.05, 4.69) is 31.2 Å². The number of carbonyl (C=O) groups is 1. The maximum Gasteiger partial charge on any atom is 0.259 e. The molecule has 4 aromatic rings. The number of carbonyl (C=O) groups excluding carboxylic acids is 1. The molecule has 4 rings (SSSR count). The number of nitrogens with one attached hydrogen (secondary N) is 1. The van der Waals surface area contributed by atoms with Gasteiger partial charge < -0.3 is 19.4 Å². The highest BCUT2D eigenvalue weighted by Gasteiger charge is 2.26. The summed E-state index contributed by atoms with van der Waals surface area (Å²) < 4.78 is 13.0. The molecular formula is C22H16BrCl3N4O3. The summed E-state index contributed by atoms with van der Waals surface area (Å²) in [5.41, 5.74) is 2.38. The first-order chi connectivity index (χ1) is 15.9. The van der Waals surface area contributed by atoms with Gasteiger partial charge in [-0.25, -0.2) is 9.97 Å². The SMILES string of the molecule is COc1c(Cl)c(NC(=O)c2cn(Cc3ccccc3)c3c(Cl)ncnc23)c(Cl)c(OC)c1Br. The van der Waals surface area contributed by atoms with Crippen LogP contribution in [0.4, 0.5) is 5.69 Å². The second-order valence-corrected chi connectivity index (χ2v) is 8.76. The molecule has 1 amide bonds. The van der Waals surface area contributed by atoms with E-state index < -0.39 is 5.91 Å². The second-order valence-electron chi connectivity index (χ2n) is 6.86. The van der Waals surface area contributed by atoms with Crippen molar-refractivity contribution in [3.8, 4) is 11.5 Å². The highest BCUT2D eigenvalue weighted by atomic mass is 79.9. The minimum atomic E-state index is -0.489. The van der Waals surface area contributed by atoms with Crippen molar-refractivity contribution >= 4 is 73.4 Å². The van der Waals surface area contributed by atoms with Crippen LogP contribution in [0.3, 0.4) is 0 Å². The number of ether oxygens (including phenoxy) is 2. The molecule has 0 saturated heterocycles. The van der Waals surface area contributed by atoms with Gasteiger partial charge in [0.1, 0.15) is 31.9 Å². The number of rotatable bonds is 6. The smallest absolute Gasteiger partial charge is 0.259 e. The number of halogens is 4. The normalized spacial score (nSPS) is 11.0. The molecule has 0 radical (unpaired) electrons. The van der Waals surface area contributed by atoms with Crippen LogP contribution in [0.25, 0.3) is 11.0 Å². The summed E-state index contributed by atoms with van der Waals surface area (Å²) in [7, 11) is 2.89. The van der Waals surface area contributed by atoms with Crippen LogP contribution in [0.15, 0.2) is 47.3 Å². The fourth-order valence-electron chi connectivity index (χ4n) is 3.43. The van der Waals surface area contributed by atoms with Crippen molar-refractivity contribution in [3.05, 3.63) is 73.7 Å². The number of benzene rings is 2. The Labute approximate surface area is 212 Å². The van der Waals surface area contributed by atoms with Crippen molar-refractivity contribution < 1.29 is 14.3 Å². The molecule has 2 aromatic heterocycles. The van der Waals surface area contributed by atoms with Gasteiger partial charge in [0.25, 0.3) is 5.91 Å². The molecule has 0 atom stereocenters. The van der Waals surface area contributed by atoms with Gasteiger partial charge in [0.05, 0.1) is 25.5 Å². The Morgan fingerprint density at radius 3 is 2.30 bits per heavy atom. The molecule has 2 heterocycles. The van der Waals surface area contributed by atoms with Crippen molar-refractivity contribution in [2.75, 3.05) is 19.5 Å². The Kier molecular flexibility index (Phi) is 6.99. The number of methoxy groups -OCH3 is 2. The number of fused-ring (bicyclic) bond motifs is 1. The minimum Gasteiger partial charge on any atom is -0.494 e. The van der Waals surface area contributed by atoms with Gasteiger partial charge in [-0.05, 0) is 21.5 Å². The van der Waals surface area contributed by atoms with E-state index in [-0.39, 0.29) is 37.9 Å². The van der Waals surface area contributed by atoms with Crippen LogP contribution in [-0.4, -0.2) is 34.7 Å². The molecular weight excluding hydrogens is 555 g/mol. The number of amides is 1. The summed E-state index contributed by atoms with van der Waals surface area (Å²) in [6.07, 6.45) is 2.97. The van der Waals surface area contributed by atoms with Gasteiger partial charge in [-0.1, -0.05) is 65.1 Å². The summed E-state index contributed by atoms with van der Waals surface area (Å²) in [6.45, 7) is 0.471. The Morgan fingerprint density at radius 2 is 1.70 bits per heavy atom. The number of anilines is 1. The molecule has 0 bridgehead atoms. The highest BCUT2D eigenvalue weighted by molar-refractivity contribution is 9.10. The van der Waals surface area contributed by atoms with Gasteiger partial charge in [0, 0.05) is 12.7 Å². The summed E-state index contributed by atoms with van der Waals surface area (Å²) in [4.78, 5) is 21.7. The van der Waals surface area contributed by atoms with Crippen molar-refractivity contribution in [1.82, 2.24) is 14.5 Å². The molecule has 0 fully saturated rings. The predicted molar refractivity (Wildman–Crippen MR) is 133 cm³/mol. The lowest BCUT2D eigenvalue weighted by Gasteiger charge is -2.17. The first-order valence-electron chi connectivity index (χ1n) is 9.50. The highest BCUT2D eigenvalue weighted by Crippen LogP contribution is 2.50. The molecule has 0 aliphatic heterocycles. The second kappa shape index (κ2) is 9.77. The zero-order valence-corrected chi connectivity index (χ0v) is 21.2. The van der Waals surface area contributed by atoms with Crippen molar-refractivity contribution in [3.63, 3.8) is 0 Å². The van der Waals surface area contributed by atoms with Crippen molar-refractivity contribution in [2.24, 2.45) is 0 Å². The van der Waals surface area contributed by atoms with Crippen LogP contribution in [-0.2, 0) is 6.54 Å². The van der Waals surface area contributed by atoms with Crippen LogP contribution in [0.1, 0.15) is 15.9 Å². The zero-order valence-electron chi connectivity index (χ0n) is 17.3. The molecule has 2 aromatic carbocycles. The van der Waals surface area contributed by atoms with E-state index in [9.17, 15) is 4.79 Å². The molecule has 170 valence electrons. The third-order valence-corrected chi connectivity index (χ3v) is 6.65. The van der Waals surface area contributed by atoms with Gasteiger partial charge in [-0.2, -0.15) is 0 Å². The van der Waals surface area contributed by atoms with E-state index in [0.717, 1.165) is 5.56 Å². The van der Waals surface area contributed by atoms with E-state index in [1.165, 1.54) is 20.5 Å². The third kappa shape index (κ3) is 4.36. The molecule has 0 aliphatic rings. The number of hydrogen-bond donors (Lipinski definition) is 1. The standard InChI is InChI=1S/C22H16BrCl3N4O3/c1-32-19-13(23)20(33-2)15(25)17(14(19)24)29-22(31)12-9-30(8-11-6-4-3-5-7-11)18-16(12)27-10-28-21(18)26/h3-7,9-10H,8H2,1-2H3,(H,29,31). The number of hydrogen-bond acceptors (Lipinski definition) is 5. The third-order valence-electron chi connectivity index (χ3n) is 4.93. The molecule has 1 N–H and O–H groups in total. The summed E-state index contributed by atoms with van der Waals surface area (Å²) in [5, 5.41) is 3.22. The topological polar surface area (TPSA) is 78.3 Å². The van der Waals surface area contributed by atoms with E-state index in [0.29, 0.717) is 22.1 Å². The molecule has 0 spiro atoms. The average molecular weight is 571 g/mol. The maximum absolute atomic E-state index is 13.4. The number of aromatic nitrogens is 3.